The van der Waals surface area contributed by atoms with E-state index in [4.69, 9.17) is 55.9 Å². The van der Waals surface area contributed by atoms with Gasteiger partial charge >= 0.3 is 0 Å². The van der Waals surface area contributed by atoms with Crippen molar-refractivity contribution in [3.05, 3.63) is 62.0 Å². The van der Waals surface area contributed by atoms with Gasteiger partial charge in [0.25, 0.3) is 0 Å². The van der Waals surface area contributed by atoms with Crippen LogP contribution in [0.5, 0.6) is 11.5 Å². The van der Waals surface area contributed by atoms with Crippen LogP contribution in [0.25, 0.3) is 0 Å². The van der Waals surface area contributed by atoms with Gasteiger partial charge in [0.05, 0.1) is 23.2 Å². The summed E-state index contributed by atoms with van der Waals surface area (Å²) in [5, 5.41) is 9.46. The van der Waals surface area contributed by atoms with E-state index < -0.39 is 11.4 Å². The van der Waals surface area contributed by atoms with Crippen molar-refractivity contribution in [2.75, 3.05) is 12.0 Å². The number of aromatic nitrogens is 2. The number of carbonyl (C=O) groups excluding carboxylic acids is 1. The number of amides is 1. The first-order valence-electron chi connectivity index (χ1n) is 8.60. The number of methoxy groups -OCH3 is 1. The number of ether oxygens (including phenoxy) is 2. The van der Waals surface area contributed by atoms with Crippen LogP contribution in [0.4, 0.5) is 5.13 Å². The Labute approximate surface area is 196 Å². The molecule has 11 heteroatoms. The standard InChI is InChI=1S/C19H13Cl4N3O3S/c1-28-13-5-3-2-4-10(13)16-15(23)18(27)26(16)19-25-24-14(30-19)8-29-17-11(21)6-9(20)7-12(17)22/h2-7,15-16H,8H2,1H3. The van der Waals surface area contributed by atoms with Gasteiger partial charge in [-0.1, -0.05) is 64.3 Å². The highest BCUT2D eigenvalue weighted by molar-refractivity contribution is 7.15. The highest BCUT2D eigenvalue weighted by Crippen LogP contribution is 2.46. The van der Waals surface area contributed by atoms with E-state index in [9.17, 15) is 4.79 Å². The van der Waals surface area contributed by atoms with Crippen molar-refractivity contribution in [1.29, 1.82) is 0 Å². The van der Waals surface area contributed by atoms with Crippen LogP contribution >= 0.6 is 57.7 Å². The number of hydrogen-bond donors (Lipinski definition) is 0. The zero-order valence-corrected chi connectivity index (χ0v) is 19.2. The summed E-state index contributed by atoms with van der Waals surface area (Å²) in [4.78, 5) is 14.0. The van der Waals surface area contributed by atoms with Gasteiger partial charge in [0.1, 0.15) is 17.7 Å². The molecule has 1 saturated heterocycles. The first kappa shape index (κ1) is 21.5. The lowest BCUT2D eigenvalue weighted by Gasteiger charge is -2.42. The first-order chi connectivity index (χ1) is 14.4. The predicted octanol–water partition coefficient (Wildman–Crippen LogP) is 5.78. The minimum absolute atomic E-state index is 0.0738. The fraction of sp³-hybridized carbons (Fsp3) is 0.211. The number of nitrogens with zero attached hydrogens (tertiary/aromatic N) is 3. The fourth-order valence-electron chi connectivity index (χ4n) is 3.08. The van der Waals surface area contributed by atoms with Crippen LogP contribution < -0.4 is 14.4 Å². The molecule has 156 valence electrons. The molecule has 2 unspecified atom stereocenters. The monoisotopic (exact) mass is 503 g/mol. The molecule has 1 aliphatic heterocycles. The number of alkyl halides is 1. The largest absolute Gasteiger partial charge is 0.496 e. The quantitative estimate of drug-likeness (QED) is 0.314. The molecule has 2 heterocycles. The second-order valence-corrected chi connectivity index (χ2v) is 9.02. The summed E-state index contributed by atoms with van der Waals surface area (Å²) >= 11 is 25.7. The van der Waals surface area contributed by atoms with Crippen molar-refractivity contribution in [3.8, 4) is 11.5 Å². The second-order valence-electron chi connectivity index (χ2n) is 6.26. The van der Waals surface area contributed by atoms with Crippen molar-refractivity contribution >= 4 is 68.8 Å². The van der Waals surface area contributed by atoms with Gasteiger partial charge in [-0.05, 0) is 18.2 Å². The van der Waals surface area contributed by atoms with E-state index in [0.717, 1.165) is 5.56 Å². The summed E-state index contributed by atoms with van der Waals surface area (Å²) in [6.07, 6.45) is 0. The van der Waals surface area contributed by atoms with Crippen LogP contribution in [0.1, 0.15) is 16.6 Å². The molecule has 4 rings (SSSR count). The lowest BCUT2D eigenvalue weighted by Crippen LogP contribution is -2.56. The number of anilines is 1. The molecular formula is C19H13Cl4N3O3S. The predicted molar refractivity (Wildman–Crippen MR) is 119 cm³/mol. The van der Waals surface area contributed by atoms with Crippen molar-refractivity contribution in [3.63, 3.8) is 0 Å². The number of carbonyl (C=O) groups is 1. The normalized spacial score (nSPS) is 18.3. The maximum Gasteiger partial charge on any atom is 0.250 e. The summed E-state index contributed by atoms with van der Waals surface area (Å²) in [5.74, 6) is 0.693. The number of halogens is 4. The highest BCUT2D eigenvalue weighted by Gasteiger charge is 2.50. The molecule has 0 spiro atoms. The van der Waals surface area contributed by atoms with Crippen molar-refractivity contribution in [2.24, 2.45) is 0 Å². The van der Waals surface area contributed by atoms with E-state index in [-0.39, 0.29) is 22.6 Å². The van der Waals surface area contributed by atoms with E-state index in [0.29, 0.717) is 26.7 Å². The molecule has 6 nitrogen and oxygen atoms in total. The Morgan fingerprint density at radius 3 is 2.53 bits per heavy atom. The fourth-order valence-corrected chi connectivity index (χ4v) is 5.15. The van der Waals surface area contributed by atoms with Crippen LogP contribution in [-0.4, -0.2) is 28.6 Å². The lowest BCUT2D eigenvalue weighted by molar-refractivity contribution is -0.123. The van der Waals surface area contributed by atoms with Crippen LogP contribution in [0.15, 0.2) is 36.4 Å². The van der Waals surface area contributed by atoms with Crippen molar-refractivity contribution in [2.45, 2.75) is 18.0 Å². The number of rotatable bonds is 6. The van der Waals surface area contributed by atoms with E-state index in [1.165, 1.54) is 28.4 Å². The summed E-state index contributed by atoms with van der Waals surface area (Å²) < 4.78 is 11.1. The van der Waals surface area contributed by atoms with Gasteiger partial charge in [0.2, 0.25) is 11.0 Å². The van der Waals surface area contributed by atoms with Gasteiger partial charge in [-0.25, -0.2) is 0 Å². The number of β-lactam (4-membered cyclic amide) rings is 1. The Hall–Kier alpha value is -1.77. The molecule has 1 amide bonds. The third kappa shape index (κ3) is 3.92. The highest BCUT2D eigenvalue weighted by atomic mass is 35.5. The number of para-hydroxylation sites is 1. The molecule has 0 bridgehead atoms. The maximum absolute atomic E-state index is 12.5. The van der Waals surface area contributed by atoms with Gasteiger partial charge in [-0.15, -0.1) is 21.8 Å². The molecule has 1 fully saturated rings. The molecule has 0 aliphatic carbocycles. The van der Waals surface area contributed by atoms with Gasteiger partial charge in [-0.2, -0.15) is 0 Å². The van der Waals surface area contributed by atoms with Gasteiger partial charge < -0.3 is 9.47 Å². The van der Waals surface area contributed by atoms with Gasteiger partial charge in [-0.3, -0.25) is 9.69 Å². The topological polar surface area (TPSA) is 64.5 Å². The third-order valence-corrected chi connectivity index (χ3v) is 6.55. The number of hydrogen-bond acceptors (Lipinski definition) is 6. The molecule has 0 saturated carbocycles. The smallest absolute Gasteiger partial charge is 0.250 e. The second kappa shape index (κ2) is 8.77. The Bertz CT molecular complexity index is 1090. The molecule has 2 atom stereocenters. The van der Waals surface area contributed by atoms with Crippen LogP contribution in [-0.2, 0) is 11.4 Å². The Balaban J connectivity index is 1.54. The van der Waals surface area contributed by atoms with E-state index in [2.05, 4.69) is 10.2 Å². The molecule has 1 aromatic heterocycles. The van der Waals surface area contributed by atoms with E-state index in [1.807, 2.05) is 24.3 Å². The van der Waals surface area contributed by atoms with Crippen LogP contribution in [0.2, 0.25) is 15.1 Å². The van der Waals surface area contributed by atoms with Gasteiger partial charge in [0.15, 0.2) is 10.8 Å². The molecule has 30 heavy (non-hydrogen) atoms. The van der Waals surface area contributed by atoms with E-state index in [1.54, 1.807) is 7.11 Å². The lowest BCUT2D eigenvalue weighted by atomic mass is 9.93. The van der Waals surface area contributed by atoms with Crippen molar-refractivity contribution in [1.82, 2.24) is 10.2 Å². The zero-order valence-electron chi connectivity index (χ0n) is 15.3. The third-order valence-electron chi connectivity index (χ3n) is 4.45. The summed E-state index contributed by atoms with van der Waals surface area (Å²) in [6.45, 7) is 0.0738. The zero-order chi connectivity index (χ0) is 21.4. The van der Waals surface area contributed by atoms with Crippen molar-refractivity contribution < 1.29 is 14.3 Å². The molecule has 0 radical (unpaired) electrons. The molecular weight excluding hydrogens is 492 g/mol. The van der Waals surface area contributed by atoms with E-state index >= 15 is 0 Å². The van der Waals surface area contributed by atoms with Crippen LogP contribution in [0, 0.1) is 0 Å². The maximum atomic E-state index is 12.5. The average Bonchev–Trinajstić information content (AvgIpc) is 3.18. The summed E-state index contributed by atoms with van der Waals surface area (Å²) in [5.41, 5.74) is 0.798. The summed E-state index contributed by atoms with van der Waals surface area (Å²) in [7, 11) is 1.57. The van der Waals surface area contributed by atoms with Crippen LogP contribution in [0.3, 0.4) is 0 Å². The molecule has 2 aromatic carbocycles. The Morgan fingerprint density at radius 1 is 1.13 bits per heavy atom. The molecule has 3 aromatic rings. The Kier molecular flexibility index (Phi) is 6.27. The Morgan fingerprint density at radius 2 is 1.83 bits per heavy atom. The minimum atomic E-state index is -0.711. The summed E-state index contributed by atoms with van der Waals surface area (Å²) in [6, 6.07) is 10.1. The number of benzene rings is 2. The first-order valence-corrected chi connectivity index (χ1v) is 11.0. The molecule has 0 N–H and O–H groups in total. The van der Waals surface area contributed by atoms with Gasteiger partial charge in [0, 0.05) is 10.6 Å². The molecule has 1 aliphatic rings. The minimum Gasteiger partial charge on any atom is -0.496 e. The average molecular weight is 505 g/mol. The SMILES string of the molecule is COc1ccccc1C1C(Cl)C(=O)N1c1nnc(COc2c(Cl)cc(Cl)cc2Cl)s1.